The van der Waals surface area contributed by atoms with Crippen LogP contribution in [0, 0.1) is 0 Å². The number of pyridine rings is 1. The standard InChI is InChI=1S/C9H9N3OS/c10-8(13)9-12-7(5-14-9)6-3-1-2-4-11-6/h1-4,7H,5H2,(H2,10,13). The van der Waals surface area contributed by atoms with Gasteiger partial charge in [0.2, 0.25) is 0 Å². The number of thioether (sulfide) groups is 1. The molecule has 1 atom stereocenters. The van der Waals surface area contributed by atoms with Crippen LogP contribution in [0.4, 0.5) is 0 Å². The van der Waals surface area contributed by atoms with Crippen LogP contribution in [0.3, 0.4) is 0 Å². The van der Waals surface area contributed by atoms with Crippen molar-refractivity contribution < 1.29 is 4.79 Å². The Labute approximate surface area is 85.6 Å². The third-order valence-electron chi connectivity index (χ3n) is 1.89. The van der Waals surface area contributed by atoms with E-state index in [0.717, 1.165) is 11.4 Å². The highest BCUT2D eigenvalue weighted by molar-refractivity contribution is 8.16. The lowest BCUT2D eigenvalue weighted by Crippen LogP contribution is -2.18. The fraction of sp³-hybridized carbons (Fsp3) is 0.222. The molecule has 4 nitrogen and oxygen atoms in total. The number of hydrogen-bond donors (Lipinski definition) is 1. The van der Waals surface area contributed by atoms with Crippen molar-refractivity contribution in [2.24, 2.45) is 10.7 Å². The minimum Gasteiger partial charge on any atom is -0.364 e. The van der Waals surface area contributed by atoms with Gasteiger partial charge < -0.3 is 5.73 Å². The van der Waals surface area contributed by atoms with Crippen molar-refractivity contribution in [2.45, 2.75) is 6.04 Å². The monoisotopic (exact) mass is 207 g/mol. The van der Waals surface area contributed by atoms with Gasteiger partial charge in [0, 0.05) is 11.9 Å². The topological polar surface area (TPSA) is 68.3 Å². The van der Waals surface area contributed by atoms with Gasteiger partial charge in [-0.3, -0.25) is 14.8 Å². The molecule has 1 aromatic heterocycles. The number of aliphatic imine (C=N–C) groups is 1. The summed E-state index contributed by atoms with van der Waals surface area (Å²) in [5, 5.41) is 0.403. The normalized spacial score (nSPS) is 20.6. The third-order valence-corrected chi connectivity index (χ3v) is 2.95. The second kappa shape index (κ2) is 3.79. The van der Waals surface area contributed by atoms with E-state index >= 15 is 0 Å². The molecule has 0 bridgehead atoms. The molecule has 72 valence electrons. The van der Waals surface area contributed by atoms with Crippen LogP contribution in [-0.2, 0) is 4.79 Å². The fourth-order valence-corrected chi connectivity index (χ4v) is 2.14. The summed E-state index contributed by atoms with van der Waals surface area (Å²) < 4.78 is 0. The number of aromatic nitrogens is 1. The Balaban J connectivity index is 2.20. The maximum absolute atomic E-state index is 10.8. The van der Waals surface area contributed by atoms with E-state index in [-0.39, 0.29) is 6.04 Å². The number of primary amides is 1. The molecule has 14 heavy (non-hydrogen) atoms. The molecule has 0 spiro atoms. The first-order valence-electron chi connectivity index (χ1n) is 4.18. The summed E-state index contributed by atoms with van der Waals surface area (Å²) in [5.41, 5.74) is 6.01. The molecule has 0 radical (unpaired) electrons. The number of rotatable bonds is 2. The van der Waals surface area contributed by atoms with Crippen molar-refractivity contribution in [3.05, 3.63) is 30.1 Å². The van der Waals surface area contributed by atoms with Gasteiger partial charge in [0.1, 0.15) is 6.04 Å². The number of carbonyl (C=O) groups is 1. The smallest absolute Gasteiger partial charge is 0.273 e. The highest BCUT2D eigenvalue weighted by Gasteiger charge is 2.23. The van der Waals surface area contributed by atoms with E-state index in [1.807, 2.05) is 18.2 Å². The van der Waals surface area contributed by atoms with Crippen LogP contribution in [-0.4, -0.2) is 21.7 Å². The number of nitrogens with two attached hydrogens (primary N) is 1. The van der Waals surface area contributed by atoms with Crippen molar-refractivity contribution >= 4 is 22.7 Å². The van der Waals surface area contributed by atoms with Crippen molar-refractivity contribution in [2.75, 3.05) is 5.75 Å². The predicted molar refractivity (Wildman–Crippen MR) is 56.1 cm³/mol. The van der Waals surface area contributed by atoms with Gasteiger partial charge in [0.15, 0.2) is 5.04 Å². The molecule has 1 unspecified atom stereocenters. The molecule has 1 aliphatic heterocycles. The third kappa shape index (κ3) is 1.77. The Morgan fingerprint density at radius 1 is 1.57 bits per heavy atom. The molecule has 2 rings (SSSR count). The molecule has 0 aromatic carbocycles. The van der Waals surface area contributed by atoms with Crippen LogP contribution in [0.1, 0.15) is 11.7 Å². The zero-order valence-corrected chi connectivity index (χ0v) is 8.20. The Morgan fingerprint density at radius 2 is 2.43 bits per heavy atom. The van der Waals surface area contributed by atoms with E-state index in [1.165, 1.54) is 11.8 Å². The minimum absolute atomic E-state index is 0.0244. The van der Waals surface area contributed by atoms with Gasteiger partial charge in [-0.25, -0.2) is 0 Å². The Morgan fingerprint density at radius 3 is 3.00 bits per heavy atom. The maximum atomic E-state index is 10.8. The minimum atomic E-state index is -0.451. The van der Waals surface area contributed by atoms with E-state index < -0.39 is 5.91 Å². The van der Waals surface area contributed by atoms with Gasteiger partial charge in [0.05, 0.1) is 5.69 Å². The van der Waals surface area contributed by atoms with Crippen molar-refractivity contribution in [3.63, 3.8) is 0 Å². The van der Waals surface area contributed by atoms with Crippen molar-refractivity contribution in [1.82, 2.24) is 4.98 Å². The zero-order valence-electron chi connectivity index (χ0n) is 7.38. The van der Waals surface area contributed by atoms with Crippen molar-refractivity contribution in [1.29, 1.82) is 0 Å². The Bertz CT molecular complexity index is 377. The summed E-state index contributed by atoms with van der Waals surface area (Å²) in [6, 6.07) is 5.64. The summed E-state index contributed by atoms with van der Waals surface area (Å²) in [6.45, 7) is 0. The van der Waals surface area contributed by atoms with Crippen molar-refractivity contribution in [3.8, 4) is 0 Å². The number of carbonyl (C=O) groups excluding carboxylic acids is 1. The molecule has 0 saturated heterocycles. The predicted octanol–water partition coefficient (Wildman–Crippen LogP) is 0.753. The molecule has 5 heteroatoms. The summed E-state index contributed by atoms with van der Waals surface area (Å²) in [6.07, 6.45) is 1.72. The van der Waals surface area contributed by atoms with Gasteiger partial charge in [0.25, 0.3) is 5.91 Å². The van der Waals surface area contributed by atoms with Gasteiger partial charge in [-0.05, 0) is 12.1 Å². The molecule has 0 saturated carbocycles. The highest BCUT2D eigenvalue weighted by atomic mass is 32.2. The molecule has 1 amide bonds. The average molecular weight is 207 g/mol. The van der Waals surface area contributed by atoms with E-state index in [1.54, 1.807) is 6.20 Å². The largest absolute Gasteiger partial charge is 0.364 e. The molecule has 1 aliphatic rings. The molecular weight excluding hydrogens is 198 g/mol. The van der Waals surface area contributed by atoms with Gasteiger partial charge in [-0.2, -0.15) is 0 Å². The van der Waals surface area contributed by atoms with Crippen LogP contribution in [0.5, 0.6) is 0 Å². The first-order chi connectivity index (χ1) is 6.77. The van der Waals surface area contributed by atoms with Crippen LogP contribution < -0.4 is 5.73 Å². The summed E-state index contributed by atoms with van der Waals surface area (Å²) in [5.74, 6) is 0.295. The van der Waals surface area contributed by atoms with Gasteiger partial charge >= 0.3 is 0 Å². The zero-order chi connectivity index (χ0) is 9.97. The summed E-state index contributed by atoms with van der Waals surface area (Å²) in [4.78, 5) is 19.2. The van der Waals surface area contributed by atoms with Crippen LogP contribution >= 0.6 is 11.8 Å². The molecule has 0 fully saturated rings. The first-order valence-corrected chi connectivity index (χ1v) is 5.17. The van der Waals surface area contributed by atoms with E-state index in [4.69, 9.17) is 5.73 Å². The summed E-state index contributed by atoms with van der Waals surface area (Å²) in [7, 11) is 0. The molecule has 2 N–H and O–H groups in total. The van der Waals surface area contributed by atoms with E-state index in [9.17, 15) is 4.79 Å². The van der Waals surface area contributed by atoms with Crippen LogP contribution in [0.2, 0.25) is 0 Å². The SMILES string of the molecule is NC(=O)C1=NC(c2ccccn2)CS1. The molecule has 2 heterocycles. The second-order valence-corrected chi connectivity index (χ2v) is 3.89. The lowest BCUT2D eigenvalue weighted by molar-refractivity contribution is -0.111. The first kappa shape index (κ1) is 9.21. The number of hydrogen-bond acceptors (Lipinski definition) is 4. The highest BCUT2D eigenvalue weighted by Crippen LogP contribution is 2.28. The Hall–Kier alpha value is -1.36. The number of nitrogens with zero attached hydrogens (tertiary/aromatic N) is 2. The quantitative estimate of drug-likeness (QED) is 0.778. The lowest BCUT2D eigenvalue weighted by Gasteiger charge is -2.02. The van der Waals surface area contributed by atoms with E-state index in [2.05, 4.69) is 9.98 Å². The van der Waals surface area contributed by atoms with Crippen LogP contribution in [0.25, 0.3) is 0 Å². The molecule has 1 aromatic rings. The second-order valence-electron chi connectivity index (χ2n) is 2.88. The van der Waals surface area contributed by atoms with Gasteiger partial charge in [-0.15, -0.1) is 0 Å². The average Bonchev–Trinajstić information content (AvgIpc) is 2.68. The Kier molecular flexibility index (Phi) is 2.49. The summed E-state index contributed by atoms with van der Waals surface area (Å²) >= 11 is 1.39. The number of amides is 1. The van der Waals surface area contributed by atoms with Gasteiger partial charge in [-0.1, -0.05) is 17.8 Å². The lowest BCUT2D eigenvalue weighted by atomic mass is 10.2. The maximum Gasteiger partial charge on any atom is 0.273 e. The molecular formula is C9H9N3OS. The van der Waals surface area contributed by atoms with Crippen LogP contribution in [0.15, 0.2) is 29.4 Å². The van der Waals surface area contributed by atoms with E-state index in [0.29, 0.717) is 5.04 Å². The fourth-order valence-electron chi connectivity index (χ4n) is 1.23. The molecule has 0 aliphatic carbocycles.